The molecule has 0 aliphatic carbocycles. The van der Waals surface area contributed by atoms with Gasteiger partial charge in [0, 0.05) is 31.7 Å². The highest BCUT2D eigenvalue weighted by Crippen LogP contribution is 2.33. The number of piperazine rings is 1. The summed E-state index contributed by atoms with van der Waals surface area (Å²) in [7, 11) is 0. The first-order chi connectivity index (χ1) is 13.6. The van der Waals surface area contributed by atoms with E-state index < -0.39 is 0 Å². The Bertz CT molecular complexity index is 1150. The second-order valence-electron chi connectivity index (χ2n) is 7.19. The topological polar surface area (TPSA) is 49.3 Å². The van der Waals surface area contributed by atoms with E-state index in [9.17, 15) is 4.79 Å². The Kier molecular flexibility index (Phi) is 4.29. The van der Waals surface area contributed by atoms with Gasteiger partial charge in [-0.2, -0.15) is 0 Å². The molecule has 28 heavy (non-hydrogen) atoms. The number of benzene rings is 2. The van der Waals surface area contributed by atoms with Crippen LogP contribution in [0.25, 0.3) is 20.4 Å². The first-order valence-electron chi connectivity index (χ1n) is 9.34. The van der Waals surface area contributed by atoms with Crippen molar-refractivity contribution < 1.29 is 4.79 Å². The van der Waals surface area contributed by atoms with Crippen LogP contribution in [0.3, 0.4) is 0 Å². The van der Waals surface area contributed by atoms with Gasteiger partial charge in [0.25, 0.3) is 5.91 Å². The first-order valence-corrected chi connectivity index (χ1v) is 11.0. The molecule has 4 aromatic rings. The molecule has 5 nitrogen and oxygen atoms in total. The smallest absolute Gasteiger partial charge is 0.254 e. The number of thiazole rings is 2. The van der Waals surface area contributed by atoms with Gasteiger partial charge in [0.05, 0.1) is 25.9 Å². The van der Waals surface area contributed by atoms with E-state index in [1.54, 1.807) is 22.7 Å². The molecular formula is C21H20N4OS2. The minimum absolute atomic E-state index is 0.103. The van der Waals surface area contributed by atoms with Crippen LogP contribution in [0.2, 0.25) is 0 Å². The summed E-state index contributed by atoms with van der Waals surface area (Å²) in [5, 5.41) is 1.06. The molecule has 0 spiro atoms. The number of carbonyl (C=O) groups excluding carboxylic acids is 1. The lowest BCUT2D eigenvalue weighted by Gasteiger charge is -2.34. The molecule has 2 aromatic heterocycles. The summed E-state index contributed by atoms with van der Waals surface area (Å²) < 4.78 is 2.33. The van der Waals surface area contributed by atoms with Crippen LogP contribution in [0, 0.1) is 13.8 Å². The Hall–Kier alpha value is -2.51. The van der Waals surface area contributed by atoms with Crippen LogP contribution in [-0.4, -0.2) is 47.0 Å². The number of hydrogen-bond donors (Lipinski definition) is 0. The van der Waals surface area contributed by atoms with E-state index in [0.717, 1.165) is 39.5 Å². The van der Waals surface area contributed by atoms with Crippen molar-refractivity contribution in [3.05, 3.63) is 52.5 Å². The number of aromatic nitrogens is 2. The molecule has 0 atom stereocenters. The third-order valence-electron chi connectivity index (χ3n) is 5.35. The molecule has 2 aromatic carbocycles. The lowest BCUT2D eigenvalue weighted by molar-refractivity contribution is 0.0747. The molecule has 0 unspecified atom stereocenters. The van der Waals surface area contributed by atoms with Gasteiger partial charge in [0.15, 0.2) is 5.13 Å². The third kappa shape index (κ3) is 2.95. The highest BCUT2D eigenvalue weighted by molar-refractivity contribution is 7.22. The molecule has 0 bridgehead atoms. The maximum absolute atomic E-state index is 12.9. The van der Waals surface area contributed by atoms with Gasteiger partial charge in [-0.1, -0.05) is 23.5 Å². The van der Waals surface area contributed by atoms with Crippen molar-refractivity contribution >= 4 is 54.1 Å². The number of amides is 1. The summed E-state index contributed by atoms with van der Waals surface area (Å²) in [5.74, 6) is 0.103. The predicted molar refractivity (Wildman–Crippen MR) is 117 cm³/mol. The lowest BCUT2D eigenvalue weighted by Crippen LogP contribution is -2.48. The summed E-state index contributed by atoms with van der Waals surface area (Å²) >= 11 is 3.33. The predicted octanol–water partition coefficient (Wildman–Crippen LogP) is 4.49. The number of rotatable bonds is 2. The summed E-state index contributed by atoms with van der Waals surface area (Å²) in [6.45, 7) is 7.31. The number of nitrogens with zero attached hydrogens (tertiary/aromatic N) is 4. The quantitative estimate of drug-likeness (QED) is 0.490. The lowest BCUT2D eigenvalue weighted by atomic mass is 10.1. The van der Waals surface area contributed by atoms with Crippen LogP contribution in [0.1, 0.15) is 21.5 Å². The Morgan fingerprint density at radius 2 is 1.82 bits per heavy atom. The summed E-state index contributed by atoms with van der Waals surface area (Å²) in [4.78, 5) is 26.3. The molecule has 1 amide bonds. The second kappa shape index (κ2) is 6.83. The molecule has 0 radical (unpaired) electrons. The average molecular weight is 409 g/mol. The average Bonchev–Trinajstić information content (AvgIpc) is 3.37. The van der Waals surface area contributed by atoms with E-state index in [1.807, 2.05) is 28.6 Å². The standard InChI is InChI=1S/C21H20N4OS2/c1-13-3-4-14(2)19-18(13)23-21(28-19)25-9-7-24(8-10-25)20(26)15-5-6-16-17(11-15)27-12-22-16/h3-6,11-12H,7-10H2,1-2H3. The molecule has 5 rings (SSSR count). The largest absolute Gasteiger partial charge is 0.345 e. The Morgan fingerprint density at radius 3 is 2.61 bits per heavy atom. The van der Waals surface area contributed by atoms with Crippen LogP contribution < -0.4 is 4.90 Å². The fourth-order valence-electron chi connectivity index (χ4n) is 3.65. The monoisotopic (exact) mass is 408 g/mol. The molecule has 1 fully saturated rings. The molecule has 1 aliphatic rings. The normalized spacial score (nSPS) is 14.9. The molecule has 142 valence electrons. The third-order valence-corrected chi connectivity index (χ3v) is 7.39. The van der Waals surface area contributed by atoms with E-state index in [-0.39, 0.29) is 5.91 Å². The number of aryl methyl sites for hydroxylation is 2. The van der Waals surface area contributed by atoms with Crippen LogP contribution in [0.5, 0.6) is 0 Å². The van der Waals surface area contributed by atoms with Crippen molar-refractivity contribution in [2.45, 2.75) is 13.8 Å². The second-order valence-corrected chi connectivity index (χ2v) is 9.05. The number of carbonyl (C=O) groups is 1. The minimum atomic E-state index is 0.103. The maximum Gasteiger partial charge on any atom is 0.254 e. The van der Waals surface area contributed by atoms with E-state index in [0.29, 0.717) is 13.1 Å². The molecule has 3 heterocycles. The van der Waals surface area contributed by atoms with Gasteiger partial charge in [-0.25, -0.2) is 9.97 Å². The van der Waals surface area contributed by atoms with Crippen molar-refractivity contribution in [1.29, 1.82) is 0 Å². The zero-order valence-corrected chi connectivity index (χ0v) is 17.4. The Balaban J connectivity index is 1.32. The maximum atomic E-state index is 12.9. The summed E-state index contributed by atoms with van der Waals surface area (Å²) in [5.41, 5.74) is 7.12. The number of fused-ring (bicyclic) bond motifs is 2. The Labute approximate surface area is 171 Å². The van der Waals surface area contributed by atoms with E-state index in [4.69, 9.17) is 4.98 Å². The van der Waals surface area contributed by atoms with Gasteiger partial charge in [-0.05, 0) is 43.2 Å². The van der Waals surface area contributed by atoms with Crippen LogP contribution >= 0.6 is 22.7 Å². The molecule has 0 saturated carbocycles. The molecule has 1 aliphatic heterocycles. The van der Waals surface area contributed by atoms with Gasteiger partial charge in [-0.15, -0.1) is 11.3 Å². The molecule has 0 N–H and O–H groups in total. The van der Waals surface area contributed by atoms with Crippen molar-refractivity contribution in [1.82, 2.24) is 14.9 Å². The van der Waals surface area contributed by atoms with Crippen LogP contribution in [0.15, 0.2) is 35.8 Å². The minimum Gasteiger partial charge on any atom is -0.345 e. The fourth-order valence-corrected chi connectivity index (χ4v) is 5.53. The van der Waals surface area contributed by atoms with Crippen molar-refractivity contribution in [2.24, 2.45) is 0 Å². The van der Waals surface area contributed by atoms with E-state index >= 15 is 0 Å². The zero-order valence-electron chi connectivity index (χ0n) is 15.8. The molecule has 7 heteroatoms. The van der Waals surface area contributed by atoms with Gasteiger partial charge in [-0.3, -0.25) is 4.79 Å². The van der Waals surface area contributed by atoms with Crippen LogP contribution in [-0.2, 0) is 0 Å². The molecular weight excluding hydrogens is 388 g/mol. The number of hydrogen-bond acceptors (Lipinski definition) is 6. The zero-order chi connectivity index (χ0) is 19.3. The summed E-state index contributed by atoms with van der Waals surface area (Å²) in [6.07, 6.45) is 0. The van der Waals surface area contributed by atoms with Gasteiger partial charge < -0.3 is 9.80 Å². The van der Waals surface area contributed by atoms with Crippen molar-refractivity contribution in [3.8, 4) is 0 Å². The Morgan fingerprint density at radius 1 is 1.04 bits per heavy atom. The van der Waals surface area contributed by atoms with Crippen molar-refractivity contribution in [2.75, 3.05) is 31.1 Å². The molecule has 1 saturated heterocycles. The SMILES string of the molecule is Cc1ccc(C)c2sc(N3CCN(C(=O)c4ccc5ncsc5c4)CC3)nc12. The highest BCUT2D eigenvalue weighted by atomic mass is 32.1. The van der Waals surface area contributed by atoms with E-state index in [1.165, 1.54) is 15.8 Å². The van der Waals surface area contributed by atoms with Crippen LogP contribution in [0.4, 0.5) is 5.13 Å². The summed E-state index contributed by atoms with van der Waals surface area (Å²) in [6, 6.07) is 10.1. The van der Waals surface area contributed by atoms with Gasteiger partial charge in [0.1, 0.15) is 0 Å². The van der Waals surface area contributed by atoms with Gasteiger partial charge >= 0.3 is 0 Å². The number of anilines is 1. The van der Waals surface area contributed by atoms with E-state index in [2.05, 4.69) is 35.9 Å². The highest BCUT2D eigenvalue weighted by Gasteiger charge is 2.24. The van der Waals surface area contributed by atoms with Gasteiger partial charge in [0.2, 0.25) is 0 Å². The van der Waals surface area contributed by atoms with Crippen molar-refractivity contribution in [3.63, 3.8) is 0 Å². The fraction of sp³-hybridized carbons (Fsp3) is 0.286. The first kappa shape index (κ1) is 17.6.